The minimum absolute atomic E-state index is 0.0199. The van der Waals surface area contributed by atoms with Gasteiger partial charge in [-0.15, -0.1) is 0 Å². The molecule has 0 radical (unpaired) electrons. The maximum Gasteiger partial charge on any atom is 0.421 e. The summed E-state index contributed by atoms with van der Waals surface area (Å²) in [7, 11) is -4.11. The second-order valence-corrected chi connectivity index (χ2v) is 10.3. The number of carbonyl (C=O) groups is 1. The van der Waals surface area contributed by atoms with Gasteiger partial charge in [-0.25, -0.2) is 22.9 Å². The van der Waals surface area contributed by atoms with Crippen LogP contribution in [0.25, 0.3) is 16.9 Å². The lowest BCUT2D eigenvalue weighted by Gasteiger charge is -2.10. The van der Waals surface area contributed by atoms with E-state index >= 15 is 0 Å². The van der Waals surface area contributed by atoms with Crippen molar-refractivity contribution in [1.82, 2.24) is 14.3 Å². The number of nitrogens with one attached hydrogen (secondary N) is 1. The summed E-state index contributed by atoms with van der Waals surface area (Å²) in [6.45, 7) is 4.15. The molecule has 186 valence electrons. The molecule has 0 spiro atoms. The van der Waals surface area contributed by atoms with E-state index in [0.717, 1.165) is 34.8 Å². The van der Waals surface area contributed by atoms with E-state index in [4.69, 9.17) is 21.3 Å². The van der Waals surface area contributed by atoms with Gasteiger partial charge in [-0.1, -0.05) is 72.6 Å². The normalized spacial score (nSPS) is 11.3. The number of hydrogen-bond acceptors (Lipinski definition) is 5. The van der Waals surface area contributed by atoms with E-state index < -0.39 is 16.1 Å². The quantitative estimate of drug-likeness (QED) is 0.319. The highest BCUT2D eigenvalue weighted by Gasteiger charge is 2.21. The van der Waals surface area contributed by atoms with E-state index in [1.165, 1.54) is 23.8 Å². The molecule has 3 aromatic carbocycles. The third-order valence-corrected chi connectivity index (χ3v) is 7.44. The van der Waals surface area contributed by atoms with Crippen LogP contribution >= 0.6 is 11.6 Å². The molecular weight excluding hydrogens is 498 g/mol. The van der Waals surface area contributed by atoms with Crippen LogP contribution in [-0.2, 0) is 27.6 Å². The van der Waals surface area contributed by atoms with Gasteiger partial charge < -0.3 is 9.30 Å². The number of benzene rings is 3. The number of sulfonamides is 1. The molecule has 0 aliphatic carbocycles. The maximum absolute atomic E-state index is 12.3. The predicted octanol–water partition coefficient (Wildman–Crippen LogP) is 5.72. The molecule has 1 heterocycles. The Bertz CT molecular complexity index is 1460. The number of halogens is 1. The summed E-state index contributed by atoms with van der Waals surface area (Å²) in [6, 6.07) is 22.0. The molecule has 0 bridgehead atoms. The van der Waals surface area contributed by atoms with Gasteiger partial charge in [0.15, 0.2) is 0 Å². The van der Waals surface area contributed by atoms with Crippen molar-refractivity contribution in [3.63, 3.8) is 0 Å². The summed E-state index contributed by atoms with van der Waals surface area (Å²) in [5.74, 6) is 0.957. The van der Waals surface area contributed by atoms with E-state index in [9.17, 15) is 13.2 Å². The Morgan fingerprint density at radius 1 is 1.03 bits per heavy atom. The molecule has 7 nitrogen and oxygen atoms in total. The Balaban J connectivity index is 1.37. The van der Waals surface area contributed by atoms with Crippen LogP contribution in [0.2, 0.25) is 5.02 Å². The van der Waals surface area contributed by atoms with E-state index in [1.807, 2.05) is 35.2 Å². The molecular formula is C27H26ClN3O4S. The van der Waals surface area contributed by atoms with Crippen molar-refractivity contribution >= 4 is 27.7 Å². The number of imidazole rings is 1. The largest absolute Gasteiger partial charge is 0.448 e. The summed E-state index contributed by atoms with van der Waals surface area (Å²) in [6.07, 6.45) is 2.19. The summed E-state index contributed by atoms with van der Waals surface area (Å²) in [5.41, 5.74) is 5.11. The van der Waals surface area contributed by atoms with Crippen LogP contribution in [0.4, 0.5) is 4.79 Å². The number of aromatic nitrogens is 2. The zero-order valence-electron chi connectivity index (χ0n) is 19.9. The Hall–Kier alpha value is -3.62. The first kappa shape index (κ1) is 25.5. The Kier molecular flexibility index (Phi) is 7.76. The molecule has 0 aliphatic heterocycles. The van der Waals surface area contributed by atoms with E-state index in [1.54, 1.807) is 6.07 Å². The maximum atomic E-state index is 12.3. The Morgan fingerprint density at radius 3 is 2.39 bits per heavy atom. The van der Waals surface area contributed by atoms with Gasteiger partial charge >= 0.3 is 6.09 Å². The molecule has 0 saturated carbocycles. The van der Waals surface area contributed by atoms with Gasteiger partial charge in [0.25, 0.3) is 10.0 Å². The molecule has 4 aromatic rings. The number of aryl methyl sites for hydroxylation is 2. The second kappa shape index (κ2) is 11.0. The average Bonchev–Trinajstić information content (AvgIpc) is 3.29. The summed E-state index contributed by atoms with van der Waals surface area (Å²) < 4.78 is 33.7. The highest BCUT2D eigenvalue weighted by atomic mass is 35.5. The van der Waals surface area contributed by atoms with Crippen LogP contribution in [0.15, 0.2) is 83.9 Å². The molecule has 0 atom stereocenters. The van der Waals surface area contributed by atoms with Crippen molar-refractivity contribution in [2.75, 3.05) is 6.61 Å². The Labute approximate surface area is 215 Å². The lowest BCUT2D eigenvalue weighted by molar-refractivity contribution is 0.154. The van der Waals surface area contributed by atoms with Crippen LogP contribution in [-0.4, -0.2) is 30.7 Å². The van der Waals surface area contributed by atoms with Gasteiger partial charge in [-0.05, 0) is 36.8 Å². The minimum atomic E-state index is -4.11. The molecule has 0 fully saturated rings. The third-order valence-electron chi connectivity index (χ3n) is 5.62. The first-order valence-corrected chi connectivity index (χ1v) is 13.3. The van der Waals surface area contributed by atoms with Gasteiger partial charge in [0, 0.05) is 30.3 Å². The van der Waals surface area contributed by atoms with Gasteiger partial charge in [-0.2, -0.15) is 0 Å². The second-order valence-electron chi connectivity index (χ2n) is 8.22. The standard InChI is InChI=1S/C27H26ClN3O4S/c1-3-26-29-24(21-12-8-19(2)9-13-21)18-31(26)22-14-10-20(11-15-22)16-17-35-27(32)30-36(33,34)25-7-5-4-6-23(25)28/h4-15,18H,3,16-17H2,1-2H3,(H,30,32). The van der Waals surface area contributed by atoms with Crippen molar-refractivity contribution in [3.05, 3.63) is 101 Å². The monoisotopic (exact) mass is 523 g/mol. The lowest BCUT2D eigenvalue weighted by atomic mass is 10.1. The van der Waals surface area contributed by atoms with Crippen LogP contribution in [0.3, 0.4) is 0 Å². The molecule has 1 aromatic heterocycles. The molecule has 1 N–H and O–H groups in total. The number of rotatable bonds is 8. The molecule has 4 rings (SSSR count). The number of amides is 1. The van der Waals surface area contributed by atoms with Crippen molar-refractivity contribution in [2.24, 2.45) is 0 Å². The van der Waals surface area contributed by atoms with E-state index in [0.29, 0.717) is 6.42 Å². The highest BCUT2D eigenvalue weighted by molar-refractivity contribution is 7.90. The number of hydrogen-bond donors (Lipinski definition) is 1. The van der Waals surface area contributed by atoms with Crippen LogP contribution < -0.4 is 4.72 Å². The van der Waals surface area contributed by atoms with Gasteiger partial charge in [0.1, 0.15) is 10.7 Å². The van der Waals surface area contributed by atoms with E-state index in [-0.39, 0.29) is 16.5 Å². The molecule has 1 amide bonds. The fourth-order valence-corrected chi connectivity index (χ4v) is 5.11. The van der Waals surface area contributed by atoms with E-state index in [2.05, 4.69) is 42.7 Å². The van der Waals surface area contributed by atoms with Gasteiger partial charge in [0.2, 0.25) is 0 Å². The number of carbonyl (C=O) groups excluding carboxylic acids is 1. The van der Waals surface area contributed by atoms with Crippen molar-refractivity contribution in [2.45, 2.75) is 31.6 Å². The lowest BCUT2D eigenvalue weighted by Crippen LogP contribution is -2.31. The molecule has 0 unspecified atom stereocenters. The van der Waals surface area contributed by atoms with Crippen molar-refractivity contribution in [3.8, 4) is 16.9 Å². The molecule has 0 saturated heterocycles. The van der Waals surface area contributed by atoms with Gasteiger partial charge in [-0.3, -0.25) is 0 Å². The fraction of sp³-hybridized carbons (Fsp3) is 0.185. The average molecular weight is 524 g/mol. The smallest absolute Gasteiger partial charge is 0.421 e. The first-order chi connectivity index (χ1) is 17.3. The Morgan fingerprint density at radius 2 is 1.72 bits per heavy atom. The first-order valence-electron chi connectivity index (χ1n) is 11.5. The predicted molar refractivity (Wildman–Crippen MR) is 140 cm³/mol. The van der Waals surface area contributed by atoms with Crippen LogP contribution in [0.5, 0.6) is 0 Å². The summed E-state index contributed by atoms with van der Waals surface area (Å²) in [4.78, 5) is 16.6. The highest BCUT2D eigenvalue weighted by Crippen LogP contribution is 2.23. The number of nitrogens with zero attached hydrogens (tertiary/aromatic N) is 2. The SMILES string of the molecule is CCc1nc(-c2ccc(C)cc2)cn1-c1ccc(CCOC(=O)NS(=O)(=O)c2ccccc2Cl)cc1. The number of ether oxygens (including phenoxy) is 1. The zero-order valence-corrected chi connectivity index (χ0v) is 21.5. The zero-order chi connectivity index (χ0) is 25.7. The van der Waals surface area contributed by atoms with Crippen LogP contribution in [0, 0.1) is 6.92 Å². The summed E-state index contributed by atoms with van der Waals surface area (Å²) in [5, 5.41) is 0.0213. The van der Waals surface area contributed by atoms with Crippen molar-refractivity contribution < 1.29 is 17.9 Å². The minimum Gasteiger partial charge on any atom is -0.448 e. The summed E-state index contributed by atoms with van der Waals surface area (Å²) >= 11 is 5.91. The van der Waals surface area contributed by atoms with Gasteiger partial charge in [0.05, 0.1) is 17.3 Å². The van der Waals surface area contributed by atoms with Crippen LogP contribution in [0.1, 0.15) is 23.9 Å². The molecule has 0 aliphatic rings. The topological polar surface area (TPSA) is 90.3 Å². The molecule has 36 heavy (non-hydrogen) atoms. The van der Waals surface area contributed by atoms with Crippen molar-refractivity contribution in [1.29, 1.82) is 0 Å². The fourth-order valence-electron chi connectivity index (χ4n) is 3.70. The molecule has 9 heteroatoms. The third kappa shape index (κ3) is 5.95.